The molecule has 0 aromatic heterocycles. The summed E-state index contributed by atoms with van der Waals surface area (Å²) < 4.78 is 5.09. The maximum Gasteiger partial charge on any atom is 0.121 e. The van der Waals surface area contributed by atoms with Crippen molar-refractivity contribution in [3.8, 4) is 5.75 Å². The summed E-state index contributed by atoms with van der Waals surface area (Å²) in [6.45, 7) is 7.77. The fourth-order valence-corrected chi connectivity index (χ4v) is 1.21. The van der Waals surface area contributed by atoms with Gasteiger partial charge in [0.25, 0.3) is 0 Å². The Morgan fingerprint density at radius 3 is 2.73 bits per heavy atom. The van der Waals surface area contributed by atoms with E-state index in [1.807, 2.05) is 32.0 Å². The van der Waals surface area contributed by atoms with Crippen LogP contribution in [0.3, 0.4) is 0 Å². The topological polar surface area (TPSA) is 33.6 Å². The van der Waals surface area contributed by atoms with Crippen molar-refractivity contribution in [2.24, 2.45) is 4.99 Å². The first-order valence-corrected chi connectivity index (χ1v) is 4.97. The van der Waals surface area contributed by atoms with Crippen molar-refractivity contribution < 1.29 is 4.74 Å². The summed E-state index contributed by atoms with van der Waals surface area (Å²) in [6.07, 6.45) is 1.70. The summed E-state index contributed by atoms with van der Waals surface area (Å²) in [5.41, 5.74) is 2.64. The average molecular weight is 204 g/mol. The maximum atomic E-state index is 5.09. The predicted molar refractivity (Wildman–Crippen MR) is 65.3 cm³/mol. The summed E-state index contributed by atoms with van der Waals surface area (Å²) in [7, 11) is 1.64. The SMILES string of the molecule is C=C1C=Nc2ccc(OC)cc2N1.CC. The van der Waals surface area contributed by atoms with Crippen molar-refractivity contribution in [1.29, 1.82) is 0 Å². The first kappa shape index (κ1) is 11.3. The number of aliphatic imine (C=N–C) groups is 1. The summed E-state index contributed by atoms with van der Waals surface area (Å²) in [5, 5.41) is 3.11. The van der Waals surface area contributed by atoms with E-state index in [9.17, 15) is 0 Å². The Hall–Kier alpha value is -1.77. The zero-order valence-corrected chi connectivity index (χ0v) is 9.37. The Balaban J connectivity index is 0.000000531. The molecule has 80 valence electrons. The number of benzene rings is 1. The van der Waals surface area contributed by atoms with E-state index in [2.05, 4.69) is 16.9 Å². The molecule has 0 saturated heterocycles. The summed E-state index contributed by atoms with van der Waals surface area (Å²) in [5.74, 6) is 0.816. The Kier molecular flexibility index (Phi) is 3.92. The van der Waals surface area contributed by atoms with Gasteiger partial charge in [0.05, 0.1) is 24.7 Å². The number of nitrogens with zero attached hydrogens (tertiary/aromatic N) is 1. The van der Waals surface area contributed by atoms with E-state index in [0.29, 0.717) is 0 Å². The van der Waals surface area contributed by atoms with Crippen molar-refractivity contribution in [2.45, 2.75) is 13.8 Å². The zero-order chi connectivity index (χ0) is 11.3. The lowest BCUT2D eigenvalue weighted by Crippen LogP contribution is -2.03. The molecular formula is C12H16N2O. The molecule has 3 nitrogen and oxygen atoms in total. The van der Waals surface area contributed by atoms with Crippen molar-refractivity contribution in [3.63, 3.8) is 0 Å². The summed E-state index contributed by atoms with van der Waals surface area (Å²) in [4.78, 5) is 4.21. The summed E-state index contributed by atoms with van der Waals surface area (Å²) in [6, 6.07) is 5.69. The zero-order valence-electron chi connectivity index (χ0n) is 9.37. The number of hydrogen-bond acceptors (Lipinski definition) is 3. The molecule has 2 rings (SSSR count). The second-order valence-corrected chi connectivity index (χ2v) is 2.79. The molecule has 0 atom stereocenters. The molecule has 0 bridgehead atoms. The molecular weight excluding hydrogens is 188 g/mol. The van der Waals surface area contributed by atoms with Gasteiger partial charge >= 0.3 is 0 Å². The molecule has 0 saturated carbocycles. The lowest BCUT2D eigenvalue weighted by molar-refractivity contribution is 0.415. The van der Waals surface area contributed by atoms with E-state index in [1.165, 1.54) is 0 Å². The number of hydrogen-bond donors (Lipinski definition) is 1. The number of methoxy groups -OCH3 is 1. The van der Waals surface area contributed by atoms with E-state index < -0.39 is 0 Å². The van der Waals surface area contributed by atoms with Crippen molar-refractivity contribution in [2.75, 3.05) is 12.4 Å². The van der Waals surface area contributed by atoms with Crippen LogP contribution >= 0.6 is 0 Å². The second kappa shape index (κ2) is 5.20. The molecule has 3 heteroatoms. The fraction of sp³-hybridized carbons (Fsp3) is 0.250. The molecule has 1 N–H and O–H groups in total. The van der Waals surface area contributed by atoms with Gasteiger partial charge in [0, 0.05) is 11.8 Å². The smallest absolute Gasteiger partial charge is 0.121 e. The second-order valence-electron chi connectivity index (χ2n) is 2.79. The molecule has 0 unspecified atom stereocenters. The Labute approximate surface area is 90.5 Å². The lowest BCUT2D eigenvalue weighted by Gasteiger charge is -2.14. The van der Waals surface area contributed by atoms with Crippen LogP contribution < -0.4 is 10.1 Å². The number of allylic oxidation sites excluding steroid dienone is 1. The highest BCUT2D eigenvalue weighted by Gasteiger charge is 2.07. The molecule has 1 aliphatic rings. The van der Waals surface area contributed by atoms with Gasteiger partial charge in [0.2, 0.25) is 0 Å². The normalized spacial score (nSPS) is 12.1. The number of anilines is 1. The monoisotopic (exact) mass is 204 g/mol. The molecule has 0 aliphatic carbocycles. The van der Waals surface area contributed by atoms with Crippen molar-refractivity contribution in [1.82, 2.24) is 0 Å². The van der Waals surface area contributed by atoms with E-state index in [1.54, 1.807) is 13.3 Å². The highest BCUT2D eigenvalue weighted by Crippen LogP contribution is 2.32. The van der Waals surface area contributed by atoms with Gasteiger partial charge in [-0.05, 0) is 12.1 Å². The largest absolute Gasteiger partial charge is 0.497 e. The van der Waals surface area contributed by atoms with Crippen LogP contribution in [-0.2, 0) is 0 Å². The average Bonchev–Trinajstić information content (AvgIpc) is 2.30. The molecule has 1 aromatic carbocycles. The lowest BCUT2D eigenvalue weighted by atomic mass is 10.2. The van der Waals surface area contributed by atoms with Crippen LogP contribution in [-0.4, -0.2) is 13.3 Å². The molecule has 1 aromatic rings. The van der Waals surface area contributed by atoms with Crippen molar-refractivity contribution in [3.05, 3.63) is 30.5 Å². The molecule has 1 heterocycles. The summed E-state index contributed by atoms with van der Waals surface area (Å²) >= 11 is 0. The predicted octanol–water partition coefficient (Wildman–Crippen LogP) is 3.36. The third kappa shape index (κ3) is 2.59. The van der Waals surface area contributed by atoms with Gasteiger partial charge in [-0.25, -0.2) is 0 Å². The van der Waals surface area contributed by atoms with Crippen LogP contribution in [0.25, 0.3) is 0 Å². The molecule has 15 heavy (non-hydrogen) atoms. The van der Waals surface area contributed by atoms with Crippen LogP contribution in [0.1, 0.15) is 13.8 Å². The highest BCUT2D eigenvalue weighted by molar-refractivity contribution is 5.91. The van der Waals surface area contributed by atoms with E-state index in [0.717, 1.165) is 22.8 Å². The van der Waals surface area contributed by atoms with Gasteiger partial charge in [-0.2, -0.15) is 0 Å². The van der Waals surface area contributed by atoms with Crippen LogP contribution in [0.4, 0.5) is 11.4 Å². The van der Waals surface area contributed by atoms with E-state index in [-0.39, 0.29) is 0 Å². The molecule has 0 fully saturated rings. The maximum absolute atomic E-state index is 5.09. The number of rotatable bonds is 1. The minimum atomic E-state index is 0.792. The number of nitrogens with one attached hydrogen (secondary N) is 1. The molecule has 0 amide bonds. The van der Waals surface area contributed by atoms with Gasteiger partial charge in [-0.1, -0.05) is 20.4 Å². The number of ether oxygens (including phenoxy) is 1. The van der Waals surface area contributed by atoms with Crippen molar-refractivity contribution >= 4 is 17.6 Å². The third-order valence-electron chi connectivity index (χ3n) is 1.86. The minimum Gasteiger partial charge on any atom is -0.497 e. The number of fused-ring (bicyclic) bond motifs is 1. The van der Waals surface area contributed by atoms with Crippen LogP contribution in [0.15, 0.2) is 35.5 Å². The highest BCUT2D eigenvalue weighted by atomic mass is 16.5. The first-order chi connectivity index (χ1) is 7.29. The fourth-order valence-electron chi connectivity index (χ4n) is 1.21. The molecule has 1 aliphatic heterocycles. The standard InChI is InChI=1S/C10H10N2O.C2H6/c1-7-6-11-9-4-3-8(13-2)5-10(9)12-7;1-2/h3-6,12H,1H2,2H3;1-2H3. The van der Waals surface area contributed by atoms with Crippen LogP contribution in [0.5, 0.6) is 5.75 Å². The Bertz CT molecular complexity index is 383. The molecule has 0 radical (unpaired) electrons. The quantitative estimate of drug-likeness (QED) is 0.761. The Morgan fingerprint density at radius 1 is 1.33 bits per heavy atom. The minimum absolute atomic E-state index is 0.792. The molecule has 0 spiro atoms. The van der Waals surface area contributed by atoms with Gasteiger partial charge in [-0.15, -0.1) is 0 Å². The van der Waals surface area contributed by atoms with Gasteiger partial charge < -0.3 is 10.1 Å². The first-order valence-electron chi connectivity index (χ1n) is 4.97. The third-order valence-corrected chi connectivity index (χ3v) is 1.86. The van der Waals surface area contributed by atoms with Gasteiger partial charge in [0.1, 0.15) is 5.75 Å². The van der Waals surface area contributed by atoms with Gasteiger partial charge in [0.15, 0.2) is 0 Å². The van der Waals surface area contributed by atoms with Crippen LogP contribution in [0, 0.1) is 0 Å². The van der Waals surface area contributed by atoms with Crippen LogP contribution in [0.2, 0.25) is 0 Å². The van der Waals surface area contributed by atoms with Gasteiger partial charge in [-0.3, -0.25) is 4.99 Å². The Morgan fingerprint density at radius 2 is 2.07 bits per heavy atom. The van der Waals surface area contributed by atoms with E-state index >= 15 is 0 Å². The van der Waals surface area contributed by atoms with E-state index in [4.69, 9.17) is 4.74 Å².